The Morgan fingerprint density at radius 2 is 1.59 bits per heavy atom. The van der Waals surface area contributed by atoms with Gasteiger partial charge in [0, 0.05) is 6.07 Å². The summed E-state index contributed by atoms with van der Waals surface area (Å²) in [6.45, 7) is 1.28. The number of aryl methyl sites for hydroxylation is 1. The molecular weight excluding hydrogens is 444 g/mol. The van der Waals surface area contributed by atoms with E-state index in [9.17, 15) is 19.7 Å². The van der Waals surface area contributed by atoms with Gasteiger partial charge in [-0.1, -0.05) is 29.8 Å². The third-order valence-corrected chi connectivity index (χ3v) is 4.66. The summed E-state index contributed by atoms with van der Waals surface area (Å²) in [5, 5.41) is 14.0. The van der Waals surface area contributed by atoms with Crippen molar-refractivity contribution in [2.75, 3.05) is 26.1 Å². The summed E-state index contributed by atoms with van der Waals surface area (Å²) >= 11 is 0. The van der Waals surface area contributed by atoms with Crippen LogP contribution < -0.4 is 19.5 Å². The number of hydrogen-bond acceptors (Lipinski definition) is 8. The summed E-state index contributed by atoms with van der Waals surface area (Å²) in [6.07, 6.45) is 0. The maximum Gasteiger partial charge on any atom is 0.345 e. The number of rotatable bonds is 9. The molecule has 0 spiro atoms. The lowest BCUT2D eigenvalue weighted by atomic mass is 10.1. The highest BCUT2D eigenvalue weighted by molar-refractivity contribution is 5.98. The van der Waals surface area contributed by atoms with Crippen molar-refractivity contribution in [1.29, 1.82) is 0 Å². The van der Waals surface area contributed by atoms with E-state index in [1.165, 1.54) is 14.2 Å². The number of esters is 1. The largest absolute Gasteiger partial charge is 0.493 e. The molecule has 0 aliphatic carbocycles. The van der Waals surface area contributed by atoms with Crippen LogP contribution in [-0.2, 0) is 9.53 Å². The lowest BCUT2D eigenvalue weighted by Gasteiger charge is -2.13. The van der Waals surface area contributed by atoms with Crippen molar-refractivity contribution in [3.63, 3.8) is 0 Å². The monoisotopic (exact) mass is 466 g/mol. The molecular formula is C24H22N2O8. The fourth-order valence-corrected chi connectivity index (χ4v) is 2.97. The number of anilines is 1. The summed E-state index contributed by atoms with van der Waals surface area (Å²) in [5.41, 5.74) is 0.519. The first-order valence-corrected chi connectivity index (χ1v) is 10.0. The third kappa shape index (κ3) is 5.80. The van der Waals surface area contributed by atoms with Gasteiger partial charge in [0.1, 0.15) is 11.3 Å². The standard InChI is InChI=1S/C24H22N2O8/c1-15-8-10-16(11-9-15)34-20-7-5-4-6-18(20)25-23(27)14-33-24(28)17-12-21(31-2)22(32-3)13-19(17)26(29)30/h4-13H,14H2,1-3H3,(H,25,27). The van der Waals surface area contributed by atoms with E-state index >= 15 is 0 Å². The van der Waals surface area contributed by atoms with Gasteiger partial charge in [-0.2, -0.15) is 0 Å². The fourth-order valence-electron chi connectivity index (χ4n) is 2.97. The topological polar surface area (TPSA) is 126 Å². The van der Waals surface area contributed by atoms with E-state index in [1.54, 1.807) is 36.4 Å². The molecule has 0 unspecified atom stereocenters. The Morgan fingerprint density at radius 1 is 0.941 bits per heavy atom. The molecule has 0 saturated carbocycles. The van der Waals surface area contributed by atoms with Crippen molar-refractivity contribution in [3.05, 3.63) is 81.9 Å². The van der Waals surface area contributed by atoms with Crippen LogP contribution in [0.4, 0.5) is 11.4 Å². The van der Waals surface area contributed by atoms with Crippen molar-refractivity contribution in [3.8, 4) is 23.0 Å². The van der Waals surface area contributed by atoms with Crippen LogP contribution in [0.15, 0.2) is 60.7 Å². The third-order valence-electron chi connectivity index (χ3n) is 4.66. The Hall–Kier alpha value is -4.60. The zero-order valence-corrected chi connectivity index (χ0v) is 18.7. The number of amides is 1. The quantitative estimate of drug-likeness (QED) is 0.277. The number of nitrogens with one attached hydrogen (secondary N) is 1. The predicted octanol–water partition coefficient (Wildman–Crippen LogP) is 4.51. The Labute approximate surface area is 195 Å². The smallest absolute Gasteiger partial charge is 0.345 e. The molecule has 1 N–H and O–H groups in total. The van der Waals surface area contributed by atoms with Crippen LogP contribution in [0.2, 0.25) is 0 Å². The van der Waals surface area contributed by atoms with E-state index in [1.807, 2.05) is 19.1 Å². The first-order chi connectivity index (χ1) is 16.3. The lowest BCUT2D eigenvalue weighted by molar-refractivity contribution is -0.385. The summed E-state index contributed by atoms with van der Waals surface area (Å²) in [4.78, 5) is 35.6. The molecule has 0 heterocycles. The van der Waals surface area contributed by atoms with E-state index in [0.717, 1.165) is 17.7 Å². The number of para-hydroxylation sites is 2. The Bertz CT molecular complexity index is 1210. The molecule has 0 aromatic heterocycles. The van der Waals surface area contributed by atoms with Gasteiger partial charge in [-0.05, 0) is 31.2 Å². The van der Waals surface area contributed by atoms with Crippen LogP contribution >= 0.6 is 0 Å². The van der Waals surface area contributed by atoms with Gasteiger partial charge >= 0.3 is 5.97 Å². The number of carbonyl (C=O) groups excluding carboxylic acids is 2. The molecule has 0 fully saturated rings. The molecule has 10 nitrogen and oxygen atoms in total. The number of benzene rings is 3. The molecule has 0 saturated heterocycles. The molecule has 1 amide bonds. The van der Waals surface area contributed by atoms with Crippen LogP contribution in [0.25, 0.3) is 0 Å². The van der Waals surface area contributed by atoms with Crippen LogP contribution in [-0.4, -0.2) is 37.6 Å². The number of nitro groups is 1. The van der Waals surface area contributed by atoms with E-state index in [2.05, 4.69) is 5.32 Å². The van der Waals surface area contributed by atoms with Crippen molar-refractivity contribution in [2.45, 2.75) is 6.92 Å². The zero-order valence-electron chi connectivity index (χ0n) is 18.7. The predicted molar refractivity (Wildman–Crippen MR) is 123 cm³/mol. The molecule has 0 aliphatic heterocycles. The first-order valence-electron chi connectivity index (χ1n) is 10.0. The van der Waals surface area contributed by atoms with Crippen LogP contribution in [0.1, 0.15) is 15.9 Å². The van der Waals surface area contributed by atoms with E-state index < -0.39 is 29.1 Å². The zero-order chi connectivity index (χ0) is 24.7. The van der Waals surface area contributed by atoms with Crippen molar-refractivity contribution in [2.24, 2.45) is 0 Å². The number of nitrogens with zero attached hydrogens (tertiary/aromatic N) is 1. The summed E-state index contributed by atoms with van der Waals surface area (Å²) in [7, 11) is 2.63. The van der Waals surface area contributed by atoms with Gasteiger partial charge in [-0.15, -0.1) is 0 Å². The highest BCUT2D eigenvalue weighted by atomic mass is 16.6. The van der Waals surface area contributed by atoms with Crippen molar-refractivity contribution in [1.82, 2.24) is 0 Å². The molecule has 10 heteroatoms. The molecule has 34 heavy (non-hydrogen) atoms. The second-order valence-electron chi connectivity index (χ2n) is 7.02. The second-order valence-corrected chi connectivity index (χ2v) is 7.02. The van der Waals surface area contributed by atoms with Gasteiger partial charge in [0.25, 0.3) is 11.6 Å². The fraction of sp³-hybridized carbons (Fsp3) is 0.167. The minimum Gasteiger partial charge on any atom is -0.493 e. The molecule has 0 atom stereocenters. The summed E-state index contributed by atoms with van der Waals surface area (Å²) in [5.74, 6) is -0.565. The minimum absolute atomic E-state index is 0.0775. The van der Waals surface area contributed by atoms with E-state index in [0.29, 0.717) is 17.2 Å². The molecule has 3 rings (SSSR count). The average Bonchev–Trinajstić information content (AvgIpc) is 2.84. The molecule has 176 valence electrons. The number of nitro benzene ring substituents is 1. The van der Waals surface area contributed by atoms with Crippen molar-refractivity contribution >= 4 is 23.3 Å². The Morgan fingerprint density at radius 3 is 2.24 bits per heavy atom. The maximum absolute atomic E-state index is 12.5. The molecule has 0 radical (unpaired) electrons. The van der Waals surface area contributed by atoms with Gasteiger partial charge in [0.05, 0.1) is 30.9 Å². The Balaban J connectivity index is 1.70. The van der Waals surface area contributed by atoms with Crippen LogP contribution in [0.3, 0.4) is 0 Å². The molecule has 0 bridgehead atoms. The normalized spacial score (nSPS) is 10.2. The lowest BCUT2D eigenvalue weighted by Crippen LogP contribution is -2.21. The van der Waals surface area contributed by atoms with Crippen molar-refractivity contribution < 1.29 is 33.5 Å². The Kier molecular flexibility index (Phi) is 7.65. The number of hydrogen-bond donors (Lipinski definition) is 1. The second kappa shape index (κ2) is 10.8. The summed E-state index contributed by atoms with van der Waals surface area (Å²) < 4.78 is 20.9. The van der Waals surface area contributed by atoms with Gasteiger partial charge in [0.15, 0.2) is 23.9 Å². The highest BCUT2D eigenvalue weighted by Crippen LogP contribution is 2.35. The van der Waals surface area contributed by atoms with Gasteiger partial charge in [0.2, 0.25) is 0 Å². The van der Waals surface area contributed by atoms with Gasteiger partial charge < -0.3 is 24.3 Å². The number of ether oxygens (including phenoxy) is 4. The highest BCUT2D eigenvalue weighted by Gasteiger charge is 2.26. The van der Waals surface area contributed by atoms with Crippen LogP contribution in [0, 0.1) is 17.0 Å². The first kappa shape index (κ1) is 24.1. The SMILES string of the molecule is COc1cc(C(=O)OCC(=O)Nc2ccccc2Oc2ccc(C)cc2)c([N+](=O)[O-])cc1OC. The van der Waals surface area contributed by atoms with Gasteiger partial charge in [-0.3, -0.25) is 14.9 Å². The minimum atomic E-state index is -1.06. The average molecular weight is 466 g/mol. The number of carbonyl (C=O) groups is 2. The van der Waals surface area contributed by atoms with E-state index in [4.69, 9.17) is 18.9 Å². The molecule has 3 aromatic rings. The maximum atomic E-state index is 12.5. The van der Waals surface area contributed by atoms with Crippen LogP contribution in [0.5, 0.6) is 23.0 Å². The molecule has 3 aromatic carbocycles. The molecule has 0 aliphatic rings. The summed E-state index contributed by atoms with van der Waals surface area (Å²) in [6, 6.07) is 16.3. The number of methoxy groups -OCH3 is 2. The van der Waals surface area contributed by atoms with Gasteiger partial charge in [-0.25, -0.2) is 4.79 Å². The van der Waals surface area contributed by atoms with E-state index in [-0.39, 0.29) is 17.1 Å².